The summed E-state index contributed by atoms with van der Waals surface area (Å²) in [6, 6.07) is 0. The molecule has 1 N–H and O–H groups in total. The quantitative estimate of drug-likeness (QED) is 0.883. The van der Waals surface area contributed by atoms with Crippen LogP contribution in [0.1, 0.15) is 52.4 Å². The summed E-state index contributed by atoms with van der Waals surface area (Å²) >= 11 is 6.20. The molecular formula is C16H22ClN3. The van der Waals surface area contributed by atoms with Crippen molar-refractivity contribution in [3.63, 3.8) is 0 Å². The second-order valence-electron chi connectivity index (χ2n) is 8.23. The van der Waals surface area contributed by atoms with Gasteiger partial charge in [-0.3, -0.25) is 0 Å². The first-order valence-electron chi connectivity index (χ1n) is 7.64. The van der Waals surface area contributed by atoms with Gasteiger partial charge in [0, 0.05) is 17.9 Å². The summed E-state index contributed by atoms with van der Waals surface area (Å²) < 4.78 is 0. The molecule has 0 radical (unpaired) electrons. The molecule has 0 saturated heterocycles. The molecule has 1 heterocycles. The molecule has 4 saturated carbocycles. The van der Waals surface area contributed by atoms with E-state index in [1.165, 1.54) is 38.5 Å². The van der Waals surface area contributed by atoms with Gasteiger partial charge < -0.3 is 5.32 Å². The highest BCUT2D eigenvalue weighted by Crippen LogP contribution is 2.66. The molecule has 3 nitrogen and oxygen atoms in total. The maximum absolute atomic E-state index is 6.20. The number of halogens is 1. The van der Waals surface area contributed by atoms with E-state index in [9.17, 15) is 0 Å². The van der Waals surface area contributed by atoms with E-state index in [0.717, 1.165) is 11.7 Å². The van der Waals surface area contributed by atoms with Gasteiger partial charge in [-0.25, -0.2) is 9.97 Å². The van der Waals surface area contributed by atoms with Crippen molar-refractivity contribution in [2.45, 2.75) is 57.9 Å². The van der Waals surface area contributed by atoms with E-state index in [2.05, 4.69) is 29.1 Å². The van der Waals surface area contributed by atoms with Gasteiger partial charge in [-0.05, 0) is 55.3 Å². The Hall–Kier alpha value is -0.830. The van der Waals surface area contributed by atoms with E-state index in [4.69, 9.17) is 11.6 Å². The zero-order valence-electron chi connectivity index (χ0n) is 12.2. The molecular weight excluding hydrogens is 270 g/mol. The average Bonchev–Trinajstić information content (AvgIpc) is 2.27. The zero-order valence-corrected chi connectivity index (χ0v) is 13.0. The van der Waals surface area contributed by atoms with Crippen molar-refractivity contribution in [3.05, 3.63) is 17.5 Å². The summed E-state index contributed by atoms with van der Waals surface area (Å²) in [5, 5.41) is 4.20. The third-order valence-corrected chi connectivity index (χ3v) is 5.94. The highest BCUT2D eigenvalue weighted by molar-refractivity contribution is 6.31. The predicted octanol–water partition coefficient (Wildman–Crippen LogP) is 4.29. The Labute approximate surface area is 125 Å². The molecule has 0 aromatic carbocycles. The second-order valence-corrected chi connectivity index (χ2v) is 8.59. The van der Waals surface area contributed by atoms with Gasteiger partial charge in [-0.2, -0.15) is 0 Å². The Morgan fingerprint density at radius 2 is 1.70 bits per heavy atom. The van der Waals surface area contributed by atoms with Gasteiger partial charge in [0.25, 0.3) is 0 Å². The normalized spacial score (nSPS) is 45.6. The summed E-state index contributed by atoms with van der Waals surface area (Å²) in [4.78, 5) is 8.55. The Morgan fingerprint density at radius 1 is 1.05 bits per heavy atom. The van der Waals surface area contributed by atoms with Crippen LogP contribution in [0.25, 0.3) is 0 Å². The molecule has 4 heteroatoms. The molecule has 5 rings (SSSR count). The first kappa shape index (κ1) is 12.9. The second kappa shape index (κ2) is 3.88. The molecule has 4 aliphatic rings. The fourth-order valence-corrected chi connectivity index (χ4v) is 6.40. The average molecular weight is 292 g/mol. The number of rotatable bonds is 2. The minimum absolute atomic E-state index is 0.183. The van der Waals surface area contributed by atoms with Crippen molar-refractivity contribution in [1.29, 1.82) is 0 Å². The topological polar surface area (TPSA) is 37.8 Å². The molecule has 108 valence electrons. The summed E-state index contributed by atoms with van der Waals surface area (Å²) in [6.07, 6.45) is 11.3. The minimum atomic E-state index is 0.183. The van der Waals surface area contributed by atoms with Crippen molar-refractivity contribution >= 4 is 17.4 Å². The largest absolute Gasteiger partial charge is 0.362 e. The molecule has 0 aliphatic heterocycles. The van der Waals surface area contributed by atoms with Gasteiger partial charge in [-0.15, -0.1) is 0 Å². The molecule has 2 atom stereocenters. The highest BCUT2D eigenvalue weighted by Gasteiger charge is 2.60. The van der Waals surface area contributed by atoms with Crippen LogP contribution in [0, 0.1) is 16.7 Å². The summed E-state index contributed by atoms with van der Waals surface area (Å²) in [6.45, 7) is 4.95. The maximum Gasteiger partial charge on any atom is 0.171 e. The predicted molar refractivity (Wildman–Crippen MR) is 80.8 cm³/mol. The number of aromatic nitrogens is 2. The lowest BCUT2D eigenvalue weighted by Crippen LogP contribution is -2.61. The first-order valence-corrected chi connectivity index (χ1v) is 8.02. The van der Waals surface area contributed by atoms with Gasteiger partial charge in [0.05, 0.1) is 0 Å². The molecule has 1 aromatic heterocycles. The molecule has 20 heavy (non-hydrogen) atoms. The molecule has 0 spiro atoms. The van der Waals surface area contributed by atoms with Crippen LogP contribution in [0.2, 0.25) is 5.15 Å². The van der Waals surface area contributed by atoms with Gasteiger partial charge in [-0.1, -0.05) is 25.4 Å². The first-order chi connectivity index (χ1) is 9.40. The fraction of sp³-hybridized carbons (Fsp3) is 0.750. The van der Waals surface area contributed by atoms with Gasteiger partial charge >= 0.3 is 0 Å². The van der Waals surface area contributed by atoms with E-state index in [0.29, 0.717) is 16.0 Å². The van der Waals surface area contributed by atoms with Crippen LogP contribution in [0.4, 0.5) is 5.82 Å². The Kier molecular flexibility index (Phi) is 2.50. The van der Waals surface area contributed by atoms with E-state index in [1.807, 2.05) is 0 Å². The van der Waals surface area contributed by atoms with Gasteiger partial charge in [0.2, 0.25) is 0 Å². The number of anilines is 1. The van der Waals surface area contributed by atoms with Crippen LogP contribution in [0.5, 0.6) is 0 Å². The molecule has 4 aliphatic carbocycles. The standard InChI is InChI=1S/C16H22ClN3/c1-14-5-11-6-15(2,8-14)10-16(7-11,9-14)20-13-12(17)18-3-4-19-13/h3-4,11H,5-10H2,1-2H3,(H,19,20). The van der Waals surface area contributed by atoms with E-state index >= 15 is 0 Å². The number of hydrogen-bond acceptors (Lipinski definition) is 3. The van der Waals surface area contributed by atoms with Crippen molar-refractivity contribution in [1.82, 2.24) is 9.97 Å². The maximum atomic E-state index is 6.20. The van der Waals surface area contributed by atoms with Crippen molar-refractivity contribution in [3.8, 4) is 0 Å². The van der Waals surface area contributed by atoms with Gasteiger partial charge in [0.1, 0.15) is 0 Å². The Bertz CT molecular complexity index is 540. The monoisotopic (exact) mass is 291 g/mol. The van der Waals surface area contributed by atoms with Crippen LogP contribution in [-0.4, -0.2) is 15.5 Å². The van der Waals surface area contributed by atoms with Crippen LogP contribution in [0.3, 0.4) is 0 Å². The molecule has 4 bridgehead atoms. The van der Waals surface area contributed by atoms with Crippen molar-refractivity contribution in [2.75, 3.05) is 5.32 Å². The van der Waals surface area contributed by atoms with Crippen LogP contribution < -0.4 is 5.32 Å². The van der Waals surface area contributed by atoms with E-state index in [1.54, 1.807) is 12.4 Å². The molecule has 4 fully saturated rings. The number of nitrogens with zero attached hydrogens (tertiary/aromatic N) is 2. The minimum Gasteiger partial charge on any atom is -0.362 e. The van der Waals surface area contributed by atoms with E-state index < -0.39 is 0 Å². The lowest BCUT2D eigenvalue weighted by molar-refractivity contribution is -0.0974. The summed E-state index contributed by atoms with van der Waals surface area (Å²) in [5.74, 6) is 1.63. The van der Waals surface area contributed by atoms with Crippen LogP contribution in [-0.2, 0) is 0 Å². The smallest absolute Gasteiger partial charge is 0.171 e. The lowest BCUT2D eigenvalue weighted by Gasteiger charge is -2.65. The van der Waals surface area contributed by atoms with Gasteiger partial charge in [0.15, 0.2) is 11.0 Å². The third-order valence-electron chi connectivity index (χ3n) is 5.66. The van der Waals surface area contributed by atoms with E-state index in [-0.39, 0.29) is 5.54 Å². The van der Waals surface area contributed by atoms with Crippen molar-refractivity contribution < 1.29 is 0 Å². The zero-order chi connectivity index (χ0) is 14.0. The summed E-state index contributed by atoms with van der Waals surface area (Å²) in [7, 11) is 0. The molecule has 0 amide bonds. The number of nitrogens with one attached hydrogen (secondary N) is 1. The van der Waals surface area contributed by atoms with Crippen molar-refractivity contribution in [2.24, 2.45) is 16.7 Å². The SMILES string of the molecule is CC12CC3CC(C)(C1)CC(Nc1nccnc1Cl)(C3)C2. The molecule has 1 aromatic rings. The molecule has 2 unspecified atom stereocenters. The Morgan fingerprint density at radius 3 is 2.30 bits per heavy atom. The Balaban J connectivity index is 1.69. The fourth-order valence-electron chi connectivity index (χ4n) is 6.24. The van der Waals surface area contributed by atoms with Crippen LogP contribution in [0.15, 0.2) is 12.4 Å². The number of hydrogen-bond donors (Lipinski definition) is 1. The third kappa shape index (κ3) is 1.93. The summed E-state index contributed by atoms with van der Waals surface area (Å²) in [5.41, 5.74) is 1.17. The van der Waals surface area contributed by atoms with Crippen LogP contribution >= 0.6 is 11.6 Å². The highest BCUT2D eigenvalue weighted by atomic mass is 35.5. The lowest BCUT2D eigenvalue weighted by atomic mass is 9.43.